The highest BCUT2D eigenvalue weighted by Gasteiger charge is 2.47. The molecule has 2 aliphatic rings. The molecule has 2 rings (SSSR count). The zero-order valence-corrected chi connectivity index (χ0v) is 11.6. The summed E-state index contributed by atoms with van der Waals surface area (Å²) in [7, 11) is 0. The summed E-state index contributed by atoms with van der Waals surface area (Å²) in [4.78, 5) is 0. The van der Waals surface area contributed by atoms with Crippen molar-refractivity contribution in [3.63, 3.8) is 0 Å². The Hall–Kier alpha value is -0.420. The maximum absolute atomic E-state index is 10.0. The summed E-state index contributed by atoms with van der Waals surface area (Å²) < 4.78 is 5.37. The molecule has 1 unspecified atom stereocenters. The van der Waals surface area contributed by atoms with Crippen LogP contribution in [0, 0.1) is 11.8 Å². The Labute approximate surface area is 115 Å². The van der Waals surface area contributed by atoms with Crippen molar-refractivity contribution < 1.29 is 20.1 Å². The standard InChI is InChI=1S/C15H26O4/c1-2-3-4-5-10(16)6-7-11-12-8-15(18)19-14(12)9-13(11)17/h6-7,10-18H,2-5,8-9H2,1H3/b7-6+/t10-,11+,12-,13+,14+,15?/m0/s1. The molecule has 1 aliphatic carbocycles. The molecule has 0 bridgehead atoms. The van der Waals surface area contributed by atoms with E-state index >= 15 is 0 Å². The van der Waals surface area contributed by atoms with Gasteiger partial charge in [-0.2, -0.15) is 0 Å². The highest BCUT2D eigenvalue weighted by atomic mass is 16.6. The van der Waals surface area contributed by atoms with Crippen LogP contribution < -0.4 is 0 Å². The quantitative estimate of drug-likeness (QED) is 0.506. The molecule has 0 radical (unpaired) electrons. The summed E-state index contributed by atoms with van der Waals surface area (Å²) in [6, 6.07) is 0. The van der Waals surface area contributed by atoms with Gasteiger partial charge in [0, 0.05) is 18.8 Å². The summed E-state index contributed by atoms with van der Waals surface area (Å²) in [5.74, 6) is 0.187. The van der Waals surface area contributed by atoms with Crippen LogP contribution in [0.3, 0.4) is 0 Å². The summed E-state index contributed by atoms with van der Waals surface area (Å²) >= 11 is 0. The predicted molar refractivity (Wildman–Crippen MR) is 72.4 cm³/mol. The summed E-state index contributed by atoms with van der Waals surface area (Å²) in [5.41, 5.74) is 0. The van der Waals surface area contributed by atoms with Crippen molar-refractivity contribution in [1.29, 1.82) is 0 Å². The average Bonchev–Trinajstić information content (AvgIpc) is 2.82. The van der Waals surface area contributed by atoms with E-state index in [9.17, 15) is 15.3 Å². The molecule has 0 aromatic rings. The second-order valence-electron chi connectivity index (χ2n) is 5.86. The van der Waals surface area contributed by atoms with Crippen LogP contribution in [0.15, 0.2) is 12.2 Å². The first-order valence-electron chi connectivity index (χ1n) is 7.49. The Bertz CT molecular complexity index is 305. The first-order valence-corrected chi connectivity index (χ1v) is 7.49. The molecule has 2 fully saturated rings. The fourth-order valence-electron chi connectivity index (χ4n) is 3.29. The molecular weight excluding hydrogens is 244 g/mol. The normalized spacial score (nSPS) is 39.9. The molecule has 4 nitrogen and oxygen atoms in total. The van der Waals surface area contributed by atoms with Crippen molar-refractivity contribution in [2.75, 3.05) is 0 Å². The third-order valence-corrected chi connectivity index (χ3v) is 4.35. The van der Waals surface area contributed by atoms with E-state index in [4.69, 9.17) is 4.74 Å². The number of hydrogen-bond acceptors (Lipinski definition) is 4. The lowest BCUT2D eigenvalue weighted by atomic mass is 9.91. The molecule has 4 heteroatoms. The van der Waals surface area contributed by atoms with Crippen LogP contribution in [0.1, 0.15) is 45.4 Å². The number of ether oxygens (including phenoxy) is 1. The van der Waals surface area contributed by atoms with E-state index in [1.165, 1.54) is 0 Å². The maximum atomic E-state index is 10.0. The Morgan fingerprint density at radius 1 is 1.26 bits per heavy atom. The van der Waals surface area contributed by atoms with Crippen LogP contribution in [-0.4, -0.2) is 39.9 Å². The molecule has 1 saturated heterocycles. The van der Waals surface area contributed by atoms with Gasteiger partial charge in [0.1, 0.15) is 0 Å². The molecule has 19 heavy (non-hydrogen) atoms. The van der Waals surface area contributed by atoms with Crippen molar-refractivity contribution in [2.45, 2.75) is 70.1 Å². The molecular formula is C15H26O4. The third-order valence-electron chi connectivity index (χ3n) is 4.35. The van der Waals surface area contributed by atoms with Crippen molar-refractivity contribution in [1.82, 2.24) is 0 Å². The van der Waals surface area contributed by atoms with Gasteiger partial charge in [-0.3, -0.25) is 0 Å². The van der Waals surface area contributed by atoms with E-state index in [-0.39, 0.29) is 17.9 Å². The highest BCUT2D eigenvalue weighted by Crippen LogP contribution is 2.43. The van der Waals surface area contributed by atoms with Gasteiger partial charge in [-0.1, -0.05) is 38.3 Å². The fourth-order valence-corrected chi connectivity index (χ4v) is 3.29. The molecule has 0 spiro atoms. The predicted octanol–water partition coefficient (Wildman–Crippen LogP) is 1.59. The molecule has 0 aromatic carbocycles. The van der Waals surface area contributed by atoms with E-state index in [0.717, 1.165) is 25.7 Å². The van der Waals surface area contributed by atoms with Gasteiger partial charge in [0.2, 0.25) is 0 Å². The second kappa shape index (κ2) is 6.84. The Balaban J connectivity index is 1.83. The minimum absolute atomic E-state index is 0.00275. The summed E-state index contributed by atoms with van der Waals surface area (Å²) in [6.45, 7) is 2.14. The maximum Gasteiger partial charge on any atom is 0.155 e. The molecule has 1 aliphatic heterocycles. The topological polar surface area (TPSA) is 69.9 Å². The van der Waals surface area contributed by atoms with E-state index in [0.29, 0.717) is 12.8 Å². The van der Waals surface area contributed by atoms with E-state index in [1.54, 1.807) is 6.08 Å². The number of aliphatic hydroxyl groups is 3. The Morgan fingerprint density at radius 2 is 2.05 bits per heavy atom. The van der Waals surface area contributed by atoms with Gasteiger partial charge in [0.15, 0.2) is 6.29 Å². The zero-order valence-electron chi connectivity index (χ0n) is 11.6. The van der Waals surface area contributed by atoms with Crippen LogP contribution in [0.2, 0.25) is 0 Å². The van der Waals surface area contributed by atoms with Crippen LogP contribution in [-0.2, 0) is 4.74 Å². The first-order chi connectivity index (χ1) is 9.11. The van der Waals surface area contributed by atoms with Gasteiger partial charge in [-0.25, -0.2) is 0 Å². The van der Waals surface area contributed by atoms with Crippen molar-refractivity contribution >= 4 is 0 Å². The summed E-state index contributed by atoms with van der Waals surface area (Å²) in [6.07, 6.45) is 7.44. The molecule has 1 heterocycles. The molecule has 0 aromatic heterocycles. The lowest BCUT2D eigenvalue weighted by Gasteiger charge is -2.16. The van der Waals surface area contributed by atoms with Gasteiger partial charge in [-0.05, 0) is 12.3 Å². The Kier molecular flexibility index (Phi) is 5.39. The largest absolute Gasteiger partial charge is 0.392 e. The number of fused-ring (bicyclic) bond motifs is 1. The monoisotopic (exact) mass is 270 g/mol. The van der Waals surface area contributed by atoms with Crippen LogP contribution in [0.5, 0.6) is 0 Å². The van der Waals surface area contributed by atoms with Crippen molar-refractivity contribution in [3.8, 4) is 0 Å². The van der Waals surface area contributed by atoms with E-state index in [2.05, 4.69) is 6.92 Å². The van der Waals surface area contributed by atoms with Gasteiger partial charge in [0.25, 0.3) is 0 Å². The summed E-state index contributed by atoms with van der Waals surface area (Å²) in [5, 5.41) is 29.4. The average molecular weight is 270 g/mol. The minimum Gasteiger partial charge on any atom is -0.392 e. The SMILES string of the molecule is CCCCC[C@H](O)/C=C/[C@@H]1[C@@H]2CC(O)O[C@@H]2C[C@H]1O. The van der Waals surface area contributed by atoms with Gasteiger partial charge < -0.3 is 20.1 Å². The molecule has 3 N–H and O–H groups in total. The number of aliphatic hydroxyl groups excluding tert-OH is 3. The van der Waals surface area contributed by atoms with Gasteiger partial charge in [0.05, 0.1) is 18.3 Å². The zero-order chi connectivity index (χ0) is 13.8. The van der Waals surface area contributed by atoms with Gasteiger partial charge >= 0.3 is 0 Å². The smallest absolute Gasteiger partial charge is 0.155 e. The van der Waals surface area contributed by atoms with Crippen LogP contribution in [0.25, 0.3) is 0 Å². The highest BCUT2D eigenvalue weighted by molar-refractivity contribution is 5.06. The van der Waals surface area contributed by atoms with Crippen LogP contribution >= 0.6 is 0 Å². The molecule has 0 amide bonds. The number of hydrogen-bond donors (Lipinski definition) is 3. The molecule has 1 saturated carbocycles. The second-order valence-corrected chi connectivity index (χ2v) is 5.86. The lowest BCUT2D eigenvalue weighted by Crippen LogP contribution is -2.19. The molecule has 110 valence electrons. The van der Waals surface area contributed by atoms with E-state index < -0.39 is 18.5 Å². The lowest BCUT2D eigenvalue weighted by molar-refractivity contribution is -0.0949. The van der Waals surface area contributed by atoms with Crippen molar-refractivity contribution in [2.24, 2.45) is 11.8 Å². The first kappa shape index (κ1) is 15.0. The van der Waals surface area contributed by atoms with E-state index in [1.807, 2.05) is 6.08 Å². The van der Waals surface area contributed by atoms with Crippen molar-refractivity contribution in [3.05, 3.63) is 12.2 Å². The fraction of sp³-hybridized carbons (Fsp3) is 0.867. The molecule has 6 atom stereocenters. The minimum atomic E-state index is -0.687. The number of rotatable bonds is 6. The number of unbranched alkanes of at least 4 members (excludes halogenated alkanes) is 2. The van der Waals surface area contributed by atoms with Gasteiger partial charge in [-0.15, -0.1) is 0 Å². The third kappa shape index (κ3) is 3.78. The van der Waals surface area contributed by atoms with Crippen LogP contribution in [0.4, 0.5) is 0 Å². The Morgan fingerprint density at radius 3 is 2.79 bits per heavy atom.